The summed E-state index contributed by atoms with van der Waals surface area (Å²) in [5.74, 6) is 0. The Balaban J connectivity index is -0.000000355. The molecule has 0 saturated heterocycles. The summed E-state index contributed by atoms with van der Waals surface area (Å²) in [6.45, 7) is 14.1. The molecular formula is C21H36Cl2O2Si2Zr-2. The van der Waals surface area contributed by atoms with Crippen LogP contribution in [0.2, 0.25) is 38.3 Å². The fourth-order valence-electron chi connectivity index (χ4n) is 2.50. The van der Waals surface area contributed by atoms with Crippen LogP contribution in [0.4, 0.5) is 0 Å². The van der Waals surface area contributed by atoms with Crippen molar-refractivity contribution in [1.29, 1.82) is 0 Å². The van der Waals surface area contributed by atoms with Gasteiger partial charge >= 0.3 is 41.3 Å². The summed E-state index contributed by atoms with van der Waals surface area (Å²) >= 11 is 1.55. The number of aliphatic hydroxyl groups excluding tert-OH is 2. The van der Waals surface area contributed by atoms with Gasteiger partial charge in [0.05, 0.1) is 16.1 Å². The Hall–Kier alpha value is 0.387. The van der Waals surface area contributed by atoms with Crippen LogP contribution in [0.1, 0.15) is 13.8 Å². The third-order valence-corrected chi connectivity index (χ3v) is 11.1. The van der Waals surface area contributed by atoms with Crippen molar-refractivity contribution in [1.82, 2.24) is 0 Å². The van der Waals surface area contributed by atoms with E-state index in [1.807, 2.05) is 0 Å². The van der Waals surface area contributed by atoms with Gasteiger partial charge in [-0.05, 0) is 12.1 Å². The second-order valence-corrected chi connectivity index (χ2v) is 20.2. The third-order valence-electron chi connectivity index (χ3n) is 4.36. The summed E-state index contributed by atoms with van der Waals surface area (Å²) in [6.07, 6.45) is 0. The van der Waals surface area contributed by atoms with Crippen LogP contribution in [-0.2, 0) is 24.2 Å². The molecule has 0 spiro atoms. The number of aliphatic hydroxyl groups is 2. The van der Waals surface area contributed by atoms with Gasteiger partial charge < -0.3 is 35.0 Å². The van der Waals surface area contributed by atoms with Gasteiger partial charge in [-0.2, -0.15) is 34.6 Å². The number of halogens is 2. The molecular weight excluding hydrogens is 503 g/mol. The first-order valence-electron chi connectivity index (χ1n) is 9.24. The molecule has 0 saturated carbocycles. The van der Waals surface area contributed by atoms with Crippen LogP contribution in [0, 0.1) is 0 Å². The van der Waals surface area contributed by atoms with E-state index >= 15 is 0 Å². The molecule has 7 heteroatoms. The molecule has 0 aromatic heterocycles. The predicted octanol–water partition coefficient (Wildman–Crippen LogP) is -2.62. The molecule has 0 heterocycles. The average molecular weight is 539 g/mol. The van der Waals surface area contributed by atoms with Crippen molar-refractivity contribution >= 4 is 29.7 Å². The zero-order chi connectivity index (χ0) is 20.2. The SMILES string of the molecule is C[C](C)=[Zr+2].C[Si](C)(CCO)c1ccc[cH-]1.C[Si](C)(CCO)c1ccc[cH-]1.[Cl-].[Cl-]. The Morgan fingerprint density at radius 2 is 1.11 bits per heavy atom. The van der Waals surface area contributed by atoms with Gasteiger partial charge in [0.15, 0.2) is 0 Å². The number of hydrogen-bond donors (Lipinski definition) is 2. The Morgan fingerprint density at radius 1 is 0.821 bits per heavy atom. The van der Waals surface area contributed by atoms with Crippen LogP contribution in [-0.4, -0.2) is 42.8 Å². The molecule has 2 aromatic rings. The zero-order valence-corrected chi connectivity index (χ0v) is 24.1. The molecule has 0 aliphatic rings. The topological polar surface area (TPSA) is 40.5 Å². The van der Waals surface area contributed by atoms with E-state index in [0.29, 0.717) is 13.2 Å². The smallest absolute Gasteiger partial charge is 0.0558 e. The predicted molar refractivity (Wildman–Crippen MR) is 118 cm³/mol. The fraction of sp³-hybridized carbons (Fsp3) is 0.476. The summed E-state index contributed by atoms with van der Waals surface area (Å²) in [5.41, 5.74) is 0. The molecule has 2 nitrogen and oxygen atoms in total. The summed E-state index contributed by atoms with van der Waals surface area (Å²) < 4.78 is 1.51. The minimum absolute atomic E-state index is 0. The molecule has 0 amide bonds. The summed E-state index contributed by atoms with van der Waals surface area (Å²) in [5, 5.41) is 20.6. The van der Waals surface area contributed by atoms with Crippen LogP contribution < -0.4 is 35.2 Å². The summed E-state index contributed by atoms with van der Waals surface area (Å²) in [4.78, 5) is 0. The van der Waals surface area contributed by atoms with Crippen molar-refractivity contribution in [2.24, 2.45) is 0 Å². The molecule has 2 rings (SSSR count). The van der Waals surface area contributed by atoms with Crippen molar-refractivity contribution in [3.8, 4) is 0 Å². The van der Waals surface area contributed by atoms with E-state index in [0.717, 1.165) is 12.1 Å². The number of hydrogen-bond acceptors (Lipinski definition) is 2. The minimum atomic E-state index is -1.28. The van der Waals surface area contributed by atoms with Gasteiger partial charge in [0.25, 0.3) is 0 Å². The van der Waals surface area contributed by atoms with Crippen LogP contribution >= 0.6 is 0 Å². The molecule has 160 valence electrons. The Bertz CT molecular complexity index is 546. The van der Waals surface area contributed by atoms with E-state index in [1.165, 1.54) is 13.6 Å². The van der Waals surface area contributed by atoms with E-state index in [2.05, 4.69) is 88.6 Å². The molecule has 0 aliphatic heterocycles. The van der Waals surface area contributed by atoms with Gasteiger partial charge in [-0.15, -0.1) is 0 Å². The summed E-state index contributed by atoms with van der Waals surface area (Å²) in [7, 11) is -2.55. The van der Waals surface area contributed by atoms with Crippen LogP contribution in [0.5, 0.6) is 0 Å². The molecule has 0 unspecified atom stereocenters. The maximum atomic E-state index is 8.84. The Kier molecular flexibility index (Phi) is 20.2. The summed E-state index contributed by atoms with van der Waals surface area (Å²) in [6, 6.07) is 18.9. The van der Waals surface area contributed by atoms with Gasteiger partial charge in [-0.25, -0.2) is 24.3 Å². The van der Waals surface area contributed by atoms with E-state index in [1.54, 1.807) is 24.2 Å². The van der Waals surface area contributed by atoms with Crippen LogP contribution in [0.25, 0.3) is 0 Å². The average Bonchev–Trinajstić information content (AvgIpc) is 3.22. The van der Waals surface area contributed by atoms with E-state index in [9.17, 15) is 0 Å². The number of rotatable bonds is 6. The molecule has 0 atom stereocenters. The zero-order valence-electron chi connectivity index (χ0n) is 18.1. The minimum Gasteiger partial charge on any atom is -1.00 e. The maximum Gasteiger partial charge on any atom is 0.0558 e. The van der Waals surface area contributed by atoms with Crippen LogP contribution in [0.15, 0.2) is 48.5 Å². The normalized spacial score (nSPS) is 10.4. The third kappa shape index (κ3) is 14.4. The Labute approximate surface area is 201 Å². The van der Waals surface area contributed by atoms with E-state index in [4.69, 9.17) is 10.2 Å². The van der Waals surface area contributed by atoms with E-state index in [-0.39, 0.29) is 24.8 Å². The molecule has 0 fully saturated rings. The van der Waals surface area contributed by atoms with Gasteiger partial charge in [0.2, 0.25) is 0 Å². The molecule has 2 aromatic carbocycles. The molecule has 2 N–H and O–H groups in total. The first-order chi connectivity index (χ1) is 12.1. The first-order valence-corrected chi connectivity index (χ1v) is 16.9. The monoisotopic (exact) mass is 536 g/mol. The second-order valence-electron chi connectivity index (χ2n) is 8.06. The van der Waals surface area contributed by atoms with Gasteiger partial charge in [0.1, 0.15) is 0 Å². The van der Waals surface area contributed by atoms with Gasteiger partial charge in [0, 0.05) is 13.2 Å². The molecule has 28 heavy (non-hydrogen) atoms. The van der Waals surface area contributed by atoms with Gasteiger partial charge in [-0.1, -0.05) is 26.2 Å². The largest absolute Gasteiger partial charge is 1.00 e. The van der Waals surface area contributed by atoms with Crippen molar-refractivity contribution in [2.75, 3.05) is 13.2 Å². The van der Waals surface area contributed by atoms with Gasteiger partial charge in [-0.3, -0.25) is 0 Å². The van der Waals surface area contributed by atoms with Crippen molar-refractivity contribution in [3.05, 3.63) is 48.5 Å². The molecule has 0 bridgehead atoms. The molecule has 0 radical (unpaired) electrons. The molecule has 0 aliphatic carbocycles. The van der Waals surface area contributed by atoms with Crippen molar-refractivity contribution in [2.45, 2.75) is 52.1 Å². The Morgan fingerprint density at radius 3 is 1.29 bits per heavy atom. The fourth-order valence-corrected chi connectivity index (χ4v) is 6.38. The van der Waals surface area contributed by atoms with Crippen molar-refractivity contribution < 1.29 is 59.3 Å². The van der Waals surface area contributed by atoms with Crippen LogP contribution in [0.3, 0.4) is 0 Å². The first kappa shape index (κ1) is 33.0. The van der Waals surface area contributed by atoms with E-state index < -0.39 is 16.1 Å². The standard InChI is InChI=1S/2C9H15OSi.C3H6.2ClH.Zr/c2*1-11(2,8-7-10)9-5-3-4-6-9;1-3-2;;;/h2*3-6,10H,7-8H2,1-2H3;1-2H3;2*1H;/q2*-1;;;;+2/p-2. The maximum absolute atomic E-state index is 8.84. The second kappa shape index (κ2) is 17.1. The quantitative estimate of drug-likeness (QED) is 0.313. The van der Waals surface area contributed by atoms with Crippen molar-refractivity contribution in [3.63, 3.8) is 0 Å².